The fraction of sp³-hybridized carbons (Fsp3) is 0.435. The molecule has 6 heteroatoms. The molecule has 1 aliphatic rings. The van der Waals surface area contributed by atoms with Crippen LogP contribution in [0.2, 0.25) is 0 Å². The van der Waals surface area contributed by atoms with Gasteiger partial charge in [0.05, 0.1) is 41.0 Å². The minimum absolute atomic E-state index is 0.271. The summed E-state index contributed by atoms with van der Waals surface area (Å²) in [6, 6.07) is 17.5. The number of esters is 1. The molecule has 156 valence electrons. The Morgan fingerprint density at radius 1 is 1.10 bits per heavy atom. The zero-order chi connectivity index (χ0) is 21.3. The number of hydrogen-bond donors (Lipinski definition) is 0. The number of hydrogen-bond acceptors (Lipinski definition) is 6. The molecule has 29 heavy (non-hydrogen) atoms. The smallest absolute Gasteiger partial charge is 0.302 e. The Bertz CT molecular complexity index is 782. The molecule has 0 radical (unpaired) electrons. The molecule has 0 amide bonds. The van der Waals surface area contributed by atoms with Crippen LogP contribution in [-0.2, 0) is 37.0 Å². The van der Waals surface area contributed by atoms with Crippen molar-refractivity contribution in [2.24, 2.45) is 0 Å². The molecule has 2 aromatic carbocycles. The van der Waals surface area contributed by atoms with Crippen molar-refractivity contribution in [1.82, 2.24) is 0 Å². The van der Waals surface area contributed by atoms with E-state index in [9.17, 15) is 4.79 Å². The quantitative estimate of drug-likeness (QED) is 0.599. The molecule has 1 fully saturated rings. The minimum Gasteiger partial charge on any atom is -0.497 e. The zero-order valence-corrected chi connectivity index (χ0v) is 16.8. The largest absolute Gasteiger partial charge is 0.497 e. The summed E-state index contributed by atoms with van der Waals surface area (Å²) >= 11 is 0. The molecule has 3 rings (SSSR count). The molecule has 0 unspecified atom stereocenters. The Hall–Kier alpha value is -2.41. The van der Waals surface area contributed by atoms with Crippen LogP contribution < -0.4 is 4.74 Å². The van der Waals surface area contributed by atoms with E-state index in [1.54, 1.807) is 7.11 Å². The molecule has 1 aliphatic heterocycles. The van der Waals surface area contributed by atoms with E-state index in [1.807, 2.05) is 54.6 Å². The lowest BCUT2D eigenvalue weighted by Gasteiger charge is -2.35. The average molecular weight is 401 g/mol. The highest BCUT2D eigenvalue weighted by molar-refractivity contribution is 5.66. The van der Waals surface area contributed by atoms with Crippen molar-refractivity contribution >= 4 is 5.97 Å². The van der Waals surface area contributed by atoms with Crippen LogP contribution in [0.3, 0.4) is 0 Å². The monoisotopic (exact) mass is 401 g/mol. The van der Waals surface area contributed by atoms with E-state index in [1.165, 1.54) is 6.92 Å². The first-order valence-electron chi connectivity index (χ1n) is 10.2. The summed E-state index contributed by atoms with van der Waals surface area (Å²) in [5, 5.41) is 0. The normalized spacial score (nSPS) is 24.6. The number of rotatable bonds is 9. The molecular weight excluding hydrogens is 372 g/mol. The first kappa shape index (κ1) is 19.9. The average Bonchev–Trinajstić information content (AvgIpc) is 2.75. The molecular formula is C23H28O6. The fourth-order valence-corrected chi connectivity index (χ4v) is 3.12. The van der Waals surface area contributed by atoms with Crippen LogP contribution in [0.1, 0.15) is 25.8 Å². The Morgan fingerprint density at radius 2 is 1.83 bits per heavy atom. The highest BCUT2D eigenvalue weighted by atomic mass is 16.6. The van der Waals surface area contributed by atoms with Crippen molar-refractivity contribution in [3.8, 4) is 5.75 Å². The lowest BCUT2D eigenvalue weighted by atomic mass is 10.0. The van der Waals surface area contributed by atoms with Crippen molar-refractivity contribution in [3.05, 3.63) is 65.7 Å². The fourth-order valence-electron chi connectivity index (χ4n) is 3.12. The van der Waals surface area contributed by atoms with Gasteiger partial charge in [0.15, 0.2) is 0 Å². The van der Waals surface area contributed by atoms with Gasteiger partial charge >= 0.3 is 5.97 Å². The van der Waals surface area contributed by atoms with Crippen LogP contribution in [0.5, 0.6) is 5.75 Å². The number of ether oxygens (including phenoxy) is 5. The van der Waals surface area contributed by atoms with Gasteiger partial charge in [0.25, 0.3) is 0 Å². The summed E-state index contributed by atoms with van der Waals surface area (Å²) in [5.41, 5.74) is 2.04. The second-order valence-electron chi connectivity index (χ2n) is 6.89. The lowest BCUT2D eigenvalue weighted by Crippen LogP contribution is -2.46. The van der Waals surface area contributed by atoms with Crippen LogP contribution in [0.25, 0.3) is 0 Å². The van der Waals surface area contributed by atoms with Gasteiger partial charge < -0.3 is 23.7 Å². The Balaban J connectivity index is 1.58. The maximum atomic E-state index is 11.4. The Labute approximate surface area is 173 Å². The van der Waals surface area contributed by atoms with Crippen LogP contribution in [0, 0.1) is 0 Å². The van der Waals surface area contributed by atoms with E-state index in [2.05, 4.69) is 0 Å². The first-order chi connectivity index (χ1) is 14.5. The number of carbonyl (C=O) groups excluding carboxylic acids is 1. The van der Waals surface area contributed by atoms with Crippen molar-refractivity contribution in [2.75, 3.05) is 20.3 Å². The van der Waals surface area contributed by atoms with Gasteiger partial charge in [0, 0.05) is 13.3 Å². The topological polar surface area (TPSA) is 63.2 Å². The third-order valence-corrected chi connectivity index (χ3v) is 4.62. The maximum Gasteiger partial charge on any atom is 0.302 e. The maximum absolute atomic E-state index is 11.4. The molecule has 1 heterocycles. The molecule has 0 spiro atoms. The summed E-state index contributed by atoms with van der Waals surface area (Å²) < 4.78 is 36.3. The van der Waals surface area contributed by atoms with Gasteiger partial charge in [-0.1, -0.05) is 42.5 Å². The second kappa shape index (κ2) is 11.0. The number of benzene rings is 2. The highest BCUT2D eigenvalue weighted by Gasteiger charge is 2.34. The highest BCUT2D eigenvalue weighted by Crippen LogP contribution is 2.22. The van der Waals surface area contributed by atoms with E-state index in [0.717, 1.165) is 16.9 Å². The standard InChI is InChI=1S/C23H28O6/c1-17(24)29-21-12-22(27-14-18-6-4-3-5-7-18)23(28-15-21)16-26-13-19-8-10-20(25-2)11-9-19/h3-11,21-23H,12-16H2,1-2H3/t21-,22-,23+/m0/s1/i15D/t15-,21+,22+,23-/m1. The Morgan fingerprint density at radius 3 is 2.52 bits per heavy atom. The second-order valence-corrected chi connectivity index (χ2v) is 6.89. The minimum atomic E-state index is -0.972. The first-order valence-corrected chi connectivity index (χ1v) is 9.66. The van der Waals surface area contributed by atoms with Crippen molar-refractivity contribution in [3.63, 3.8) is 0 Å². The number of carbonyl (C=O) groups is 1. The molecule has 0 aromatic heterocycles. The van der Waals surface area contributed by atoms with Gasteiger partial charge in [0.2, 0.25) is 0 Å². The summed E-state index contributed by atoms with van der Waals surface area (Å²) in [4.78, 5) is 11.4. The molecule has 0 saturated carbocycles. The predicted molar refractivity (Wildman–Crippen MR) is 108 cm³/mol. The molecule has 1 saturated heterocycles. The summed E-state index contributed by atoms with van der Waals surface area (Å²) in [6.45, 7) is 1.44. The molecule has 0 N–H and O–H groups in total. The van der Waals surface area contributed by atoms with Crippen LogP contribution >= 0.6 is 0 Å². The van der Waals surface area contributed by atoms with Crippen molar-refractivity contribution in [2.45, 2.75) is 44.9 Å². The van der Waals surface area contributed by atoms with E-state index >= 15 is 0 Å². The van der Waals surface area contributed by atoms with Crippen molar-refractivity contribution in [1.29, 1.82) is 0 Å². The third-order valence-electron chi connectivity index (χ3n) is 4.62. The summed E-state index contributed by atoms with van der Waals surface area (Å²) in [6.07, 6.45) is -1.06. The third kappa shape index (κ3) is 6.85. The summed E-state index contributed by atoms with van der Waals surface area (Å²) in [5.74, 6) is 0.356. The predicted octanol–water partition coefficient (Wildman–Crippen LogP) is 3.52. The van der Waals surface area contributed by atoms with Gasteiger partial charge in [-0.2, -0.15) is 0 Å². The molecule has 6 nitrogen and oxygen atoms in total. The van der Waals surface area contributed by atoms with Gasteiger partial charge in [-0.25, -0.2) is 0 Å². The van der Waals surface area contributed by atoms with Crippen molar-refractivity contribution < 1.29 is 29.8 Å². The van der Waals surface area contributed by atoms with E-state index in [-0.39, 0.29) is 12.7 Å². The van der Waals surface area contributed by atoms with E-state index in [0.29, 0.717) is 19.6 Å². The zero-order valence-electron chi connectivity index (χ0n) is 17.8. The SMILES string of the molecule is [2H][C@H]1O[C@H](COCc2ccc(OC)cc2)[C@@H](OCc2ccccc2)C[C@@H]1OC(C)=O. The molecule has 2 aromatic rings. The molecule has 0 bridgehead atoms. The van der Waals surface area contributed by atoms with E-state index < -0.39 is 24.8 Å². The van der Waals surface area contributed by atoms with Gasteiger partial charge in [-0.15, -0.1) is 0 Å². The van der Waals surface area contributed by atoms with Crippen LogP contribution in [0.4, 0.5) is 0 Å². The lowest BCUT2D eigenvalue weighted by molar-refractivity contribution is -0.186. The van der Waals surface area contributed by atoms with Gasteiger partial charge in [-0.05, 0) is 23.3 Å². The number of methoxy groups -OCH3 is 1. The van der Waals surface area contributed by atoms with Crippen LogP contribution in [0.15, 0.2) is 54.6 Å². The van der Waals surface area contributed by atoms with E-state index in [4.69, 9.17) is 25.1 Å². The summed E-state index contributed by atoms with van der Waals surface area (Å²) in [7, 11) is 1.63. The molecule has 0 aliphatic carbocycles. The van der Waals surface area contributed by atoms with Gasteiger partial charge in [-0.3, -0.25) is 4.79 Å². The van der Waals surface area contributed by atoms with Gasteiger partial charge in [0.1, 0.15) is 18.0 Å². The van der Waals surface area contributed by atoms with Crippen LogP contribution in [-0.4, -0.2) is 44.6 Å². The Kier molecular flexibility index (Phi) is 7.51. The molecule has 4 atom stereocenters.